The number of rotatable bonds is 1. The Balaban J connectivity index is 2.44. The van der Waals surface area contributed by atoms with Gasteiger partial charge in [0.15, 0.2) is 0 Å². The predicted octanol–water partition coefficient (Wildman–Crippen LogP) is 3.44. The van der Waals surface area contributed by atoms with Gasteiger partial charge in [0.25, 0.3) is 0 Å². The molecule has 1 aromatic carbocycles. The van der Waals surface area contributed by atoms with Crippen molar-refractivity contribution in [3.63, 3.8) is 0 Å². The lowest BCUT2D eigenvalue weighted by Crippen LogP contribution is -2.06. The Hall–Kier alpha value is -0.240. The maximum absolute atomic E-state index is 6.12. The second-order valence-corrected chi connectivity index (χ2v) is 5.27. The van der Waals surface area contributed by atoms with Gasteiger partial charge >= 0.3 is 0 Å². The standard InChI is InChI=1S/C11H13Cl2N/c1-11(2)9(10(11)14)8-6(12)4-3-5-7(8)13/h3-5,9-10H,14H2,1-2H3/t9-,10-/m0/s1. The van der Waals surface area contributed by atoms with Crippen molar-refractivity contribution in [2.24, 2.45) is 11.1 Å². The molecule has 1 aliphatic rings. The Morgan fingerprint density at radius 1 is 1.21 bits per heavy atom. The minimum Gasteiger partial charge on any atom is -0.327 e. The lowest BCUT2D eigenvalue weighted by molar-refractivity contribution is 0.599. The van der Waals surface area contributed by atoms with Gasteiger partial charge in [-0.3, -0.25) is 0 Å². The zero-order valence-electron chi connectivity index (χ0n) is 8.22. The molecule has 1 aliphatic carbocycles. The first-order valence-corrected chi connectivity index (χ1v) is 5.41. The topological polar surface area (TPSA) is 26.0 Å². The molecule has 2 atom stereocenters. The molecule has 1 fully saturated rings. The fraction of sp³-hybridized carbons (Fsp3) is 0.455. The number of halogens is 2. The van der Waals surface area contributed by atoms with Gasteiger partial charge in [0.1, 0.15) is 0 Å². The van der Waals surface area contributed by atoms with Gasteiger partial charge in [-0.1, -0.05) is 43.1 Å². The number of nitrogens with two attached hydrogens (primary N) is 1. The number of hydrogen-bond acceptors (Lipinski definition) is 1. The van der Waals surface area contributed by atoms with Crippen LogP contribution >= 0.6 is 23.2 Å². The summed E-state index contributed by atoms with van der Waals surface area (Å²) >= 11 is 12.2. The highest BCUT2D eigenvalue weighted by atomic mass is 35.5. The van der Waals surface area contributed by atoms with Crippen LogP contribution in [0, 0.1) is 5.41 Å². The molecular weight excluding hydrogens is 217 g/mol. The van der Waals surface area contributed by atoms with Gasteiger partial charge in [-0.2, -0.15) is 0 Å². The van der Waals surface area contributed by atoms with E-state index in [0.717, 1.165) is 15.6 Å². The van der Waals surface area contributed by atoms with Crippen LogP contribution in [0.1, 0.15) is 25.3 Å². The maximum Gasteiger partial charge on any atom is 0.0456 e. The van der Waals surface area contributed by atoms with E-state index < -0.39 is 0 Å². The summed E-state index contributed by atoms with van der Waals surface area (Å²) in [7, 11) is 0. The van der Waals surface area contributed by atoms with Crippen LogP contribution in [0.5, 0.6) is 0 Å². The Labute approximate surface area is 94.2 Å². The molecule has 2 rings (SSSR count). The highest BCUT2D eigenvalue weighted by Gasteiger charge is 2.57. The molecule has 1 aromatic rings. The van der Waals surface area contributed by atoms with Crippen molar-refractivity contribution in [2.45, 2.75) is 25.8 Å². The Bertz CT molecular complexity index is 353. The molecular formula is C11H13Cl2N. The van der Waals surface area contributed by atoms with Crippen LogP contribution in [-0.2, 0) is 0 Å². The van der Waals surface area contributed by atoms with E-state index in [9.17, 15) is 0 Å². The molecule has 0 heterocycles. The molecule has 0 spiro atoms. The van der Waals surface area contributed by atoms with Gasteiger partial charge in [-0.05, 0) is 23.1 Å². The molecule has 0 unspecified atom stereocenters. The van der Waals surface area contributed by atoms with E-state index in [4.69, 9.17) is 28.9 Å². The summed E-state index contributed by atoms with van der Waals surface area (Å²) in [5.74, 6) is 0.295. The predicted molar refractivity (Wildman–Crippen MR) is 61.0 cm³/mol. The van der Waals surface area contributed by atoms with Gasteiger partial charge in [0.05, 0.1) is 0 Å². The largest absolute Gasteiger partial charge is 0.327 e. The van der Waals surface area contributed by atoms with Gasteiger partial charge in [0, 0.05) is 22.0 Å². The Kier molecular flexibility index (Phi) is 2.30. The van der Waals surface area contributed by atoms with E-state index in [2.05, 4.69) is 13.8 Å². The van der Waals surface area contributed by atoms with Crippen LogP contribution in [0.3, 0.4) is 0 Å². The Morgan fingerprint density at radius 2 is 1.64 bits per heavy atom. The number of benzene rings is 1. The molecule has 0 aromatic heterocycles. The van der Waals surface area contributed by atoms with Crippen molar-refractivity contribution in [3.05, 3.63) is 33.8 Å². The molecule has 0 saturated heterocycles. The summed E-state index contributed by atoms with van der Waals surface area (Å²) in [5, 5.41) is 1.45. The van der Waals surface area contributed by atoms with Crippen molar-refractivity contribution in [2.75, 3.05) is 0 Å². The van der Waals surface area contributed by atoms with Crippen LogP contribution in [-0.4, -0.2) is 6.04 Å². The molecule has 76 valence electrons. The fourth-order valence-electron chi connectivity index (χ4n) is 2.04. The van der Waals surface area contributed by atoms with Crippen molar-refractivity contribution in [1.82, 2.24) is 0 Å². The Morgan fingerprint density at radius 3 is 2.00 bits per heavy atom. The highest BCUT2D eigenvalue weighted by molar-refractivity contribution is 6.36. The first-order chi connectivity index (χ1) is 6.46. The van der Waals surface area contributed by atoms with Gasteiger partial charge in [-0.15, -0.1) is 0 Å². The zero-order valence-corrected chi connectivity index (χ0v) is 9.73. The second kappa shape index (κ2) is 3.13. The van der Waals surface area contributed by atoms with Crippen molar-refractivity contribution in [3.8, 4) is 0 Å². The zero-order chi connectivity index (χ0) is 10.5. The minimum absolute atomic E-state index is 0.120. The highest BCUT2D eigenvalue weighted by Crippen LogP contribution is 2.59. The van der Waals surface area contributed by atoms with Crippen LogP contribution in [0.4, 0.5) is 0 Å². The van der Waals surface area contributed by atoms with Crippen molar-refractivity contribution >= 4 is 23.2 Å². The smallest absolute Gasteiger partial charge is 0.0456 e. The summed E-state index contributed by atoms with van der Waals surface area (Å²) in [6.07, 6.45) is 0. The van der Waals surface area contributed by atoms with Gasteiger partial charge in [0.2, 0.25) is 0 Å². The van der Waals surface area contributed by atoms with E-state index in [1.807, 2.05) is 18.2 Å². The van der Waals surface area contributed by atoms with Crippen molar-refractivity contribution < 1.29 is 0 Å². The van der Waals surface area contributed by atoms with Crippen LogP contribution in [0.15, 0.2) is 18.2 Å². The summed E-state index contributed by atoms with van der Waals surface area (Å²) in [4.78, 5) is 0. The minimum atomic E-state index is 0.120. The fourth-order valence-corrected chi connectivity index (χ4v) is 2.67. The summed E-state index contributed by atoms with van der Waals surface area (Å²) in [6, 6.07) is 5.75. The van der Waals surface area contributed by atoms with Crippen molar-refractivity contribution in [1.29, 1.82) is 0 Å². The molecule has 1 nitrogen and oxygen atoms in total. The van der Waals surface area contributed by atoms with E-state index >= 15 is 0 Å². The molecule has 3 heteroatoms. The molecule has 0 bridgehead atoms. The third-order valence-corrected chi connectivity index (χ3v) is 3.88. The average Bonchev–Trinajstić information content (AvgIpc) is 2.54. The van der Waals surface area contributed by atoms with Gasteiger partial charge in [-0.25, -0.2) is 0 Å². The quantitative estimate of drug-likeness (QED) is 0.785. The molecule has 2 N–H and O–H groups in total. The average molecular weight is 230 g/mol. The first-order valence-electron chi connectivity index (χ1n) is 4.65. The number of hydrogen-bond donors (Lipinski definition) is 1. The summed E-state index contributed by atoms with van der Waals surface area (Å²) in [6.45, 7) is 4.28. The summed E-state index contributed by atoms with van der Waals surface area (Å²) in [5.41, 5.74) is 7.12. The molecule has 0 amide bonds. The lowest BCUT2D eigenvalue weighted by atomic mass is 10.0. The van der Waals surface area contributed by atoms with E-state index in [1.54, 1.807) is 0 Å². The van der Waals surface area contributed by atoms with Crippen LogP contribution in [0.2, 0.25) is 10.0 Å². The van der Waals surface area contributed by atoms with Crippen LogP contribution in [0.25, 0.3) is 0 Å². The van der Waals surface area contributed by atoms with E-state index in [1.165, 1.54) is 0 Å². The molecule has 1 saturated carbocycles. The van der Waals surface area contributed by atoms with E-state index in [-0.39, 0.29) is 11.5 Å². The van der Waals surface area contributed by atoms with Gasteiger partial charge < -0.3 is 5.73 Å². The first kappa shape index (κ1) is 10.3. The monoisotopic (exact) mass is 229 g/mol. The summed E-state index contributed by atoms with van der Waals surface area (Å²) < 4.78 is 0. The third-order valence-electron chi connectivity index (χ3n) is 3.22. The normalized spacial score (nSPS) is 28.9. The third kappa shape index (κ3) is 1.35. The maximum atomic E-state index is 6.12. The molecule has 0 radical (unpaired) electrons. The molecule has 0 aliphatic heterocycles. The molecule has 14 heavy (non-hydrogen) atoms. The SMILES string of the molecule is CC1(C)[C@@H](N)[C@@H]1c1c(Cl)cccc1Cl. The van der Waals surface area contributed by atoms with E-state index in [0.29, 0.717) is 5.92 Å². The lowest BCUT2D eigenvalue weighted by Gasteiger charge is -2.07. The van der Waals surface area contributed by atoms with Crippen LogP contribution < -0.4 is 5.73 Å². The second-order valence-electron chi connectivity index (χ2n) is 4.46.